The molecule has 0 spiro atoms. The monoisotopic (exact) mass is 273 g/mol. The number of aromatic nitrogens is 2. The minimum absolute atomic E-state index is 0.101. The SMILES string of the molecule is NNc1cn(C2O[C@H](CO)C(O)[C@H]2O)c(=O)nc1N. The second-order valence-corrected chi connectivity index (χ2v) is 4.10. The number of ether oxygens (including phenoxy) is 1. The van der Waals surface area contributed by atoms with E-state index in [1.54, 1.807) is 0 Å². The van der Waals surface area contributed by atoms with Gasteiger partial charge >= 0.3 is 5.69 Å². The summed E-state index contributed by atoms with van der Waals surface area (Å²) in [6, 6.07) is 0. The van der Waals surface area contributed by atoms with Crippen molar-refractivity contribution >= 4 is 11.5 Å². The molecule has 2 heterocycles. The Kier molecular flexibility index (Phi) is 3.68. The Labute approximate surface area is 107 Å². The highest BCUT2D eigenvalue weighted by Crippen LogP contribution is 2.28. The smallest absolute Gasteiger partial charge is 0.351 e. The first-order valence-corrected chi connectivity index (χ1v) is 5.47. The number of nitrogens with two attached hydrogens (primary N) is 2. The largest absolute Gasteiger partial charge is 0.394 e. The van der Waals surface area contributed by atoms with Crippen LogP contribution in [0.2, 0.25) is 0 Å². The van der Waals surface area contributed by atoms with Crippen LogP contribution in [-0.2, 0) is 4.74 Å². The molecule has 19 heavy (non-hydrogen) atoms. The Balaban J connectivity index is 2.40. The van der Waals surface area contributed by atoms with E-state index in [1.165, 1.54) is 6.20 Å². The van der Waals surface area contributed by atoms with Crippen molar-refractivity contribution < 1.29 is 20.1 Å². The summed E-state index contributed by atoms with van der Waals surface area (Å²) in [5, 5.41) is 28.4. The summed E-state index contributed by atoms with van der Waals surface area (Å²) in [5.41, 5.74) is 7.09. The van der Waals surface area contributed by atoms with Crippen LogP contribution in [0.15, 0.2) is 11.0 Å². The average molecular weight is 273 g/mol. The van der Waals surface area contributed by atoms with E-state index in [9.17, 15) is 15.0 Å². The quantitative estimate of drug-likeness (QED) is 0.244. The Morgan fingerprint density at radius 2 is 2.16 bits per heavy atom. The molecule has 8 N–H and O–H groups in total. The lowest BCUT2D eigenvalue weighted by Crippen LogP contribution is -2.36. The van der Waals surface area contributed by atoms with Gasteiger partial charge < -0.3 is 31.2 Å². The number of hydrogen-bond acceptors (Lipinski definition) is 9. The van der Waals surface area contributed by atoms with Crippen LogP contribution in [0.3, 0.4) is 0 Å². The van der Waals surface area contributed by atoms with E-state index in [1.807, 2.05) is 0 Å². The predicted octanol–water partition coefficient (Wildman–Crippen LogP) is -3.28. The maximum atomic E-state index is 11.7. The Hall–Kier alpha value is -1.72. The summed E-state index contributed by atoms with van der Waals surface area (Å²) in [7, 11) is 0. The lowest BCUT2D eigenvalue weighted by molar-refractivity contribution is -0.0548. The van der Waals surface area contributed by atoms with E-state index < -0.39 is 36.8 Å². The molecule has 0 amide bonds. The van der Waals surface area contributed by atoms with Crippen LogP contribution in [0, 0.1) is 0 Å². The molecular weight excluding hydrogens is 258 g/mol. The van der Waals surface area contributed by atoms with Crippen molar-refractivity contribution in [3.8, 4) is 0 Å². The van der Waals surface area contributed by atoms with Crippen LogP contribution in [0.4, 0.5) is 11.5 Å². The van der Waals surface area contributed by atoms with Gasteiger partial charge in [0.25, 0.3) is 0 Å². The lowest BCUT2D eigenvalue weighted by atomic mass is 10.1. The van der Waals surface area contributed by atoms with E-state index in [0.29, 0.717) is 0 Å². The van der Waals surface area contributed by atoms with Crippen LogP contribution >= 0.6 is 0 Å². The average Bonchev–Trinajstić information content (AvgIpc) is 2.67. The maximum Gasteiger partial charge on any atom is 0.351 e. The fourth-order valence-electron chi connectivity index (χ4n) is 1.88. The number of aliphatic hydroxyl groups excluding tert-OH is 3. The van der Waals surface area contributed by atoms with Crippen molar-refractivity contribution in [1.29, 1.82) is 0 Å². The van der Waals surface area contributed by atoms with Gasteiger partial charge in [0, 0.05) is 6.20 Å². The van der Waals surface area contributed by atoms with Crippen molar-refractivity contribution in [2.24, 2.45) is 5.84 Å². The minimum atomic E-state index is -1.38. The molecule has 1 aromatic rings. The molecule has 0 aliphatic carbocycles. The van der Waals surface area contributed by atoms with Gasteiger partial charge in [0.05, 0.1) is 6.61 Å². The highest BCUT2D eigenvalue weighted by molar-refractivity contribution is 5.58. The summed E-state index contributed by atoms with van der Waals surface area (Å²) in [5.74, 6) is 5.10. The third-order valence-electron chi connectivity index (χ3n) is 2.93. The molecule has 0 saturated carbocycles. The van der Waals surface area contributed by atoms with E-state index >= 15 is 0 Å². The van der Waals surface area contributed by atoms with Crippen molar-refractivity contribution in [3.05, 3.63) is 16.7 Å². The van der Waals surface area contributed by atoms with Gasteiger partial charge in [-0.15, -0.1) is 0 Å². The normalized spacial score (nSPS) is 30.5. The number of anilines is 2. The number of aliphatic hydroxyl groups is 3. The Morgan fingerprint density at radius 1 is 1.47 bits per heavy atom. The second-order valence-electron chi connectivity index (χ2n) is 4.10. The van der Waals surface area contributed by atoms with Gasteiger partial charge in [0.15, 0.2) is 12.0 Å². The molecule has 10 nitrogen and oxygen atoms in total. The van der Waals surface area contributed by atoms with Crippen molar-refractivity contribution in [3.63, 3.8) is 0 Å². The van der Waals surface area contributed by atoms with Crippen molar-refractivity contribution in [1.82, 2.24) is 9.55 Å². The molecule has 1 saturated heterocycles. The molecule has 2 unspecified atom stereocenters. The van der Waals surface area contributed by atoms with Gasteiger partial charge in [0.2, 0.25) is 0 Å². The van der Waals surface area contributed by atoms with Gasteiger partial charge in [-0.3, -0.25) is 10.4 Å². The van der Waals surface area contributed by atoms with E-state index in [0.717, 1.165) is 4.57 Å². The minimum Gasteiger partial charge on any atom is -0.394 e. The van der Waals surface area contributed by atoms with E-state index in [-0.39, 0.29) is 11.5 Å². The number of nitrogens with one attached hydrogen (secondary N) is 1. The van der Waals surface area contributed by atoms with Crippen molar-refractivity contribution in [2.75, 3.05) is 17.8 Å². The van der Waals surface area contributed by atoms with Gasteiger partial charge in [0.1, 0.15) is 24.0 Å². The van der Waals surface area contributed by atoms with Gasteiger partial charge in [-0.2, -0.15) is 4.98 Å². The van der Waals surface area contributed by atoms with Gasteiger partial charge in [-0.05, 0) is 0 Å². The Bertz CT molecular complexity index is 520. The summed E-state index contributed by atoms with van der Waals surface area (Å²) < 4.78 is 6.14. The number of hydrazine groups is 1. The zero-order chi connectivity index (χ0) is 14.2. The third-order valence-corrected chi connectivity index (χ3v) is 2.93. The number of rotatable bonds is 3. The highest BCUT2D eigenvalue weighted by Gasteiger charge is 2.43. The predicted molar refractivity (Wildman–Crippen MR) is 63.7 cm³/mol. The number of nitrogens with zero attached hydrogens (tertiary/aromatic N) is 2. The van der Waals surface area contributed by atoms with Crippen LogP contribution in [0.25, 0.3) is 0 Å². The first-order chi connectivity index (χ1) is 8.99. The molecule has 1 aliphatic heterocycles. The summed E-state index contributed by atoms with van der Waals surface area (Å²) in [6.45, 7) is -0.492. The fourth-order valence-corrected chi connectivity index (χ4v) is 1.88. The van der Waals surface area contributed by atoms with E-state index in [2.05, 4.69) is 10.4 Å². The molecule has 1 aliphatic rings. The standard InChI is InChI=1S/C9H15N5O5/c10-7-3(13-11)1-14(9(18)12-7)8-6(17)5(16)4(2-15)19-8/h1,4-6,8,13,15-17H,2,11H2,(H2,10,12,18)/t4-,5?,6-,8?/m1/s1. The highest BCUT2D eigenvalue weighted by atomic mass is 16.6. The molecule has 4 atom stereocenters. The van der Waals surface area contributed by atoms with Crippen LogP contribution in [0.5, 0.6) is 0 Å². The second kappa shape index (κ2) is 5.11. The molecule has 106 valence electrons. The molecule has 1 fully saturated rings. The topological polar surface area (TPSA) is 169 Å². The first kappa shape index (κ1) is 13.7. The van der Waals surface area contributed by atoms with Crippen LogP contribution < -0.4 is 22.7 Å². The molecule has 0 aromatic carbocycles. The van der Waals surface area contributed by atoms with Gasteiger partial charge in [-0.25, -0.2) is 4.79 Å². The van der Waals surface area contributed by atoms with Crippen LogP contribution in [0.1, 0.15) is 6.23 Å². The fraction of sp³-hybridized carbons (Fsp3) is 0.556. The first-order valence-electron chi connectivity index (χ1n) is 5.47. The van der Waals surface area contributed by atoms with Crippen molar-refractivity contribution in [2.45, 2.75) is 24.5 Å². The van der Waals surface area contributed by atoms with E-state index in [4.69, 9.17) is 21.4 Å². The zero-order valence-corrected chi connectivity index (χ0v) is 9.80. The number of hydrogen-bond donors (Lipinski definition) is 6. The third kappa shape index (κ3) is 2.27. The maximum absolute atomic E-state index is 11.7. The molecule has 2 rings (SSSR count). The molecule has 0 bridgehead atoms. The van der Waals surface area contributed by atoms with Crippen LogP contribution in [-0.4, -0.2) is 49.8 Å². The lowest BCUT2D eigenvalue weighted by Gasteiger charge is -2.18. The molecule has 1 aromatic heterocycles. The Morgan fingerprint density at radius 3 is 2.68 bits per heavy atom. The molecule has 10 heteroatoms. The summed E-state index contributed by atoms with van der Waals surface area (Å²) >= 11 is 0. The zero-order valence-electron chi connectivity index (χ0n) is 9.80. The molecule has 0 radical (unpaired) electrons. The summed E-state index contributed by atoms with van der Waals surface area (Å²) in [6.07, 6.45) is -3.65. The molecular formula is C9H15N5O5. The van der Waals surface area contributed by atoms with Gasteiger partial charge in [-0.1, -0.05) is 0 Å². The summed E-state index contributed by atoms with van der Waals surface area (Å²) in [4.78, 5) is 15.2. The number of nitrogen functional groups attached to an aromatic ring is 2.